The molecule has 0 heterocycles. The Bertz CT molecular complexity index is 184. The summed E-state index contributed by atoms with van der Waals surface area (Å²) in [6.45, 7) is 4.98. The van der Waals surface area contributed by atoms with Crippen LogP contribution in [0.1, 0.15) is 90.9 Å². The van der Waals surface area contributed by atoms with Gasteiger partial charge in [-0.3, -0.25) is 0 Å². The van der Waals surface area contributed by atoms with Gasteiger partial charge in [-0.25, -0.2) is 0 Å². The lowest BCUT2D eigenvalue weighted by molar-refractivity contribution is 0.282. The van der Waals surface area contributed by atoms with Gasteiger partial charge in [0.1, 0.15) is 0 Å². The van der Waals surface area contributed by atoms with E-state index in [0.717, 1.165) is 12.3 Å². The maximum absolute atomic E-state index is 8.66. The van der Waals surface area contributed by atoms with Crippen LogP contribution in [0.5, 0.6) is 0 Å². The van der Waals surface area contributed by atoms with Crippen LogP contribution in [0.25, 0.3) is 0 Å². The Labute approximate surface area is 121 Å². The van der Waals surface area contributed by atoms with Crippen LogP contribution in [0.4, 0.5) is 0 Å². The van der Waals surface area contributed by atoms with Crippen LogP contribution in [0, 0.1) is 5.92 Å². The summed E-state index contributed by atoms with van der Waals surface area (Å²) in [5.41, 5.74) is 0. The Morgan fingerprint density at radius 3 is 1.68 bits per heavy atom. The second kappa shape index (κ2) is 15.8. The molecule has 0 aromatic carbocycles. The molecule has 0 radical (unpaired) electrons. The van der Waals surface area contributed by atoms with Gasteiger partial charge in [0.05, 0.1) is 0 Å². The lowest BCUT2D eigenvalue weighted by Gasteiger charge is -2.03. The summed E-state index contributed by atoms with van der Waals surface area (Å²) in [4.78, 5) is 0. The molecular formula is C18H36O. The van der Waals surface area contributed by atoms with Gasteiger partial charge in [0.15, 0.2) is 0 Å². The van der Waals surface area contributed by atoms with E-state index in [1.807, 2.05) is 0 Å². The standard InChI is InChI=1S/C18H36O/c1-18(2)16-14-12-10-8-6-4-3-5-7-9-11-13-15-17-19/h3-4,18-19H,5-17H2,1-2H3/b4-3-. The van der Waals surface area contributed by atoms with Crippen molar-refractivity contribution in [2.24, 2.45) is 5.92 Å². The molecule has 1 heteroatoms. The first kappa shape index (κ1) is 18.7. The fourth-order valence-electron chi connectivity index (χ4n) is 2.31. The predicted octanol–water partition coefficient (Wildman–Crippen LogP) is 5.87. The smallest absolute Gasteiger partial charge is 0.0431 e. The van der Waals surface area contributed by atoms with E-state index in [1.54, 1.807) is 0 Å². The number of allylic oxidation sites excluding steroid dienone is 2. The predicted molar refractivity (Wildman–Crippen MR) is 86.5 cm³/mol. The highest BCUT2D eigenvalue weighted by Crippen LogP contribution is 2.11. The Morgan fingerprint density at radius 2 is 1.16 bits per heavy atom. The van der Waals surface area contributed by atoms with Crippen molar-refractivity contribution in [1.82, 2.24) is 0 Å². The largest absolute Gasteiger partial charge is 0.396 e. The van der Waals surface area contributed by atoms with E-state index in [-0.39, 0.29) is 0 Å². The molecule has 19 heavy (non-hydrogen) atoms. The highest BCUT2D eigenvalue weighted by molar-refractivity contribution is 4.81. The summed E-state index contributed by atoms with van der Waals surface area (Å²) in [5.74, 6) is 0.872. The van der Waals surface area contributed by atoms with Crippen molar-refractivity contribution >= 4 is 0 Å². The van der Waals surface area contributed by atoms with Crippen molar-refractivity contribution in [2.75, 3.05) is 6.61 Å². The van der Waals surface area contributed by atoms with Gasteiger partial charge in [-0.2, -0.15) is 0 Å². The molecule has 0 bridgehead atoms. The Morgan fingerprint density at radius 1 is 0.684 bits per heavy atom. The first-order valence-corrected chi connectivity index (χ1v) is 8.53. The van der Waals surface area contributed by atoms with Crippen molar-refractivity contribution in [3.05, 3.63) is 12.2 Å². The van der Waals surface area contributed by atoms with Crippen molar-refractivity contribution in [2.45, 2.75) is 90.9 Å². The van der Waals surface area contributed by atoms with Gasteiger partial charge in [0.25, 0.3) is 0 Å². The van der Waals surface area contributed by atoms with Crippen LogP contribution in [0.15, 0.2) is 12.2 Å². The molecule has 0 atom stereocenters. The van der Waals surface area contributed by atoms with Gasteiger partial charge in [0.2, 0.25) is 0 Å². The third kappa shape index (κ3) is 17.7. The van der Waals surface area contributed by atoms with Crippen LogP contribution < -0.4 is 0 Å². The lowest BCUT2D eigenvalue weighted by atomic mass is 10.0. The third-order valence-corrected chi connectivity index (χ3v) is 3.60. The van der Waals surface area contributed by atoms with Crippen LogP contribution in [0.2, 0.25) is 0 Å². The maximum atomic E-state index is 8.66. The molecule has 0 spiro atoms. The normalized spacial score (nSPS) is 11.8. The zero-order chi connectivity index (χ0) is 14.2. The molecule has 0 saturated carbocycles. The van der Waals surface area contributed by atoms with E-state index < -0.39 is 0 Å². The van der Waals surface area contributed by atoms with E-state index in [0.29, 0.717) is 6.61 Å². The van der Waals surface area contributed by atoms with Crippen LogP contribution in [-0.4, -0.2) is 11.7 Å². The molecule has 0 rings (SSSR count). The zero-order valence-corrected chi connectivity index (χ0v) is 13.4. The van der Waals surface area contributed by atoms with E-state index in [1.165, 1.54) is 70.6 Å². The number of hydrogen-bond acceptors (Lipinski definition) is 1. The SMILES string of the molecule is CC(C)CCCCCC/C=C\CCCCCCCO. The minimum Gasteiger partial charge on any atom is -0.396 e. The summed E-state index contributed by atoms with van der Waals surface area (Å²) in [6.07, 6.45) is 20.3. The summed E-state index contributed by atoms with van der Waals surface area (Å²) in [7, 11) is 0. The number of aliphatic hydroxyl groups excluding tert-OH is 1. The maximum Gasteiger partial charge on any atom is 0.0431 e. The Kier molecular flexibility index (Phi) is 15.5. The molecule has 1 N–H and O–H groups in total. The second-order valence-electron chi connectivity index (χ2n) is 6.14. The molecule has 0 saturated heterocycles. The van der Waals surface area contributed by atoms with E-state index in [9.17, 15) is 0 Å². The van der Waals surface area contributed by atoms with Gasteiger partial charge in [-0.15, -0.1) is 0 Å². The van der Waals surface area contributed by atoms with Crippen molar-refractivity contribution in [3.63, 3.8) is 0 Å². The van der Waals surface area contributed by atoms with Crippen LogP contribution >= 0.6 is 0 Å². The van der Waals surface area contributed by atoms with Crippen LogP contribution in [-0.2, 0) is 0 Å². The van der Waals surface area contributed by atoms with E-state index in [4.69, 9.17) is 5.11 Å². The minimum absolute atomic E-state index is 0.358. The molecular weight excluding hydrogens is 232 g/mol. The van der Waals surface area contributed by atoms with E-state index in [2.05, 4.69) is 26.0 Å². The average Bonchev–Trinajstić information content (AvgIpc) is 2.39. The van der Waals surface area contributed by atoms with Gasteiger partial charge < -0.3 is 5.11 Å². The van der Waals surface area contributed by atoms with Crippen LogP contribution in [0.3, 0.4) is 0 Å². The van der Waals surface area contributed by atoms with Crippen molar-refractivity contribution < 1.29 is 5.11 Å². The number of hydrogen-bond donors (Lipinski definition) is 1. The van der Waals surface area contributed by atoms with Gasteiger partial charge in [0, 0.05) is 6.61 Å². The van der Waals surface area contributed by atoms with Gasteiger partial charge >= 0.3 is 0 Å². The number of rotatable bonds is 14. The first-order chi connectivity index (χ1) is 9.27. The number of aliphatic hydroxyl groups is 1. The molecule has 0 unspecified atom stereocenters. The molecule has 0 amide bonds. The van der Waals surface area contributed by atoms with Gasteiger partial charge in [-0.1, -0.05) is 70.9 Å². The number of unbranched alkanes of at least 4 members (excludes halogenated alkanes) is 9. The summed E-state index contributed by atoms with van der Waals surface area (Å²) in [6, 6.07) is 0. The first-order valence-electron chi connectivity index (χ1n) is 8.53. The molecule has 0 aliphatic heterocycles. The summed E-state index contributed by atoms with van der Waals surface area (Å²) < 4.78 is 0. The monoisotopic (exact) mass is 268 g/mol. The molecule has 0 aromatic rings. The molecule has 0 aromatic heterocycles. The molecule has 1 nitrogen and oxygen atoms in total. The molecule has 114 valence electrons. The third-order valence-electron chi connectivity index (χ3n) is 3.60. The topological polar surface area (TPSA) is 20.2 Å². The molecule has 0 fully saturated rings. The van der Waals surface area contributed by atoms with E-state index >= 15 is 0 Å². The quantitative estimate of drug-likeness (QED) is 0.308. The lowest BCUT2D eigenvalue weighted by Crippen LogP contribution is -1.86. The summed E-state index contributed by atoms with van der Waals surface area (Å²) >= 11 is 0. The fraction of sp³-hybridized carbons (Fsp3) is 0.889. The Hall–Kier alpha value is -0.300. The zero-order valence-electron chi connectivity index (χ0n) is 13.4. The molecule has 0 aliphatic rings. The second-order valence-corrected chi connectivity index (χ2v) is 6.14. The van der Waals surface area contributed by atoms with Gasteiger partial charge in [-0.05, 0) is 38.0 Å². The average molecular weight is 268 g/mol. The molecule has 0 aliphatic carbocycles. The van der Waals surface area contributed by atoms with Crippen molar-refractivity contribution in [1.29, 1.82) is 0 Å². The van der Waals surface area contributed by atoms with Crippen molar-refractivity contribution in [3.8, 4) is 0 Å². The summed E-state index contributed by atoms with van der Waals surface area (Å²) in [5, 5.41) is 8.66. The highest BCUT2D eigenvalue weighted by Gasteiger charge is 1.93. The fourth-order valence-corrected chi connectivity index (χ4v) is 2.31. The Balaban J connectivity index is 3.05. The minimum atomic E-state index is 0.358. The highest BCUT2D eigenvalue weighted by atomic mass is 16.2.